The average molecular weight is 359 g/mol. The van der Waals surface area contributed by atoms with Gasteiger partial charge in [0.15, 0.2) is 0 Å². The number of halogens is 1. The molecule has 2 rings (SSSR count). The van der Waals surface area contributed by atoms with Crippen LogP contribution in [0, 0.1) is 5.82 Å². The molecule has 26 heavy (non-hydrogen) atoms. The molecule has 0 aliphatic carbocycles. The molecule has 0 saturated carbocycles. The SMILES string of the molecule is CCN(CC)CCNC(=O)Nc1cccc(OCc2cccc(F)c2)c1. The predicted molar refractivity (Wildman–Crippen MR) is 102 cm³/mol. The van der Waals surface area contributed by atoms with E-state index >= 15 is 0 Å². The molecule has 2 aromatic carbocycles. The van der Waals surface area contributed by atoms with E-state index in [1.165, 1.54) is 12.1 Å². The number of carbonyl (C=O) groups is 1. The van der Waals surface area contributed by atoms with Gasteiger partial charge in [0.2, 0.25) is 0 Å². The van der Waals surface area contributed by atoms with Crippen molar-refractivity contribution in [2.45, 2.75) is 20.5 Å². The molecule has 0 aromatic heterocycles. The van der Waals surface area contributed by atoms with Gasteiger partial charge in [0, 0.05) is 24.8 Å². The molecule has 0 saturated heterocycles. The number of hydrogen-bond donors (Lipinski definition) is 2. The highest BCUT2D eigenvalue weighted by Gasteiger charge is 2.05. The van der Waals surface area contributed by atoms with E-state index in [9.17, 15) is 9.18 Å². The molecular formula is C20H26FN3O2. The molecular weight excluding hydrogens is 333 g/mol. The predicted octanol–water partition coefficient (Wildman–Crippen LogP) is 3.87. The van der Waals surface area contributed by atoms with Crippen LogP contribution in [0.1, 0.15) is 19.4 Å². The standard InChI is InChI=1S/C20H26FN3O2/c1-3-24(4-2)12-11-22-20(25)23-18-9-6-10-19(14-18)26-15-16-7-5-8-17(21)13-16/h5-10,13-14H,3-4,11-12,15H2,1-2H3,(H2,22,23,25). The summed E-state index contributed by atoms with van der Waals surface area (Å²) in [6.45, 7) is 7.78. The highest BCUT2D eigenvalue weighted by Crippen LogP contribution is 2.18. The summed E-state index contributed by atoms with van der Waals surface area (Å²) in [5.74, 6) is 0.318. The van der Waals surface area contributed by atoms with Crippen LogP contribution in [-0.2, 0) is 6.61 Å². The third-order valence-electron chi connectivity index (χ3n) is 3.99. The second-order valence-electron chi connectivity index (χ2n) is 5.85. The van der Waals surface area contributed by atoms with Crippen LogP contribution < -0.4 is 15.4 Å². The molecule has 0 unspecified atom stereocenters. The van der Waals surface area contributed by atoms with Gasteiger partial charge in [0.1, 0.15) is 18.2 Å². The molecule has 2 amide bonds. The van der Waals surface area contributed by atoms with Crippen LogP contribution in [0.25, 0.3) is 0 Å². The Labute approximate surface area is 154 Å². The topological polar surface area (TPSA) is 53.6 Å². The van der Waals surface area contributed by atoms with Crippen LogP contribution in [0.2, 0.25) is 0 Å². The molecule has 0 atom stereocenters. The number of likely N-dealkylation sites (N-methyl/N-ethyl adjacent to an activating group) is 1. The average Bonchev–Trinajstić information content (AvgIpc) is 2.64. The Hall–Kier alpha value is -2.60. The Morgan fingerprint density at radius 1 is 1.12 bits per heavy atom. The summed E-state index contributed by atoms with van der Waals surface area (Å²) in [6.07, 6.45) is 0. The summed E-state index contributed by atoms with van der Waals surface area (Å²) in [5, 5.41) is 5.63. The first-order chi connectivity index (χ1) is 12.6. The van der Waals surface area contributed by atoms with Gasteiger partial charge >= 0.3 is 6.03 Å². The minimum atomic E-state index is -0.289. The molecule has 0 aliphatic rings. The molecule has 0 heterocycles. The van der Waals surface area contributed by atoms with Gasteiger partial charge in [-0.2, -0.15) is 0 Å². The van der Waals surface area contributed by atoms with Crippen LogP contribution in [0.4, 0.5) is 14.9 Å². The molecule has 2 N–H and O–H groups in total. The fourth-order valence-corrected chi connectivity index (χ4v) is 2.50. The van der Waals surface area contributed by atoms with Crippen molar-refractivity contribution in [1.82, 2.24) is 10.2 Å². The van der Waals surface area contributed by atoms with Gasteiger partial charge in [0.05, 0.1) is 0 Å². The molecule has 0 spiro atoms. The first-order valence-electron chi connectivity index (χ1n) is 8.85. The maximum atomic E-state index is 13.2. The number of anilines is 1. The quantitative estimate of drug-likeness (QED) is 0.715. The number of urea groups is 1. The summed E-state index contributed by atoms with van der Waals surface area (Å²) < 4.78 is 18.9. The number of ether oxygens (including phenoxy) is 1. The van der Waals surface area contributed by atoms with E-state index in [0.717, 1.165) is 25.2 Å². The van der Waals surface area contributed by atoms with Crippen LogP contribution in [0.15, 0.2) is 48.5 Å². The van der Waals surface area contributed by atoms with Crippen molar-refractivity contribution < 1.29 is 13.9 Å². The van der Waals surface area contributed by atoms with Gasteiger partial charge in [-0.05, 0) is 42.9 Å². The highest BCUT2D eigenvalue weighted by atomic mass is 19.1. The lowest BCUT2D eigenvalue weighted by molar-refractivity contribution is 0.248. The minimum absolute atomic E-state index is 0.251. The fraction of sp³-hybridized carbons (Fsp3) is 0.350. The van der Waals surface area contributed by atoms with E-state index in [1.54, 1.807) is 36.4 Å². The lowest BCUT2D eigenvalue weighted by atomic mass is 10.2. The Bertz CT molecular complexity index is 705. The Kier molecular flexibility index (Phi) is 7.89. The van der Waals surface area contributed by atoms with E-state index < -0.39 is 0 Å². The van der Waals surface area contributed by atoms with Gasteiger partial charge < -0.3 is 20.3 Å². The first-order valence-corrected chi connectivity index (χ1v) is 8.85. The number of rotatable bonds is 9. The molecule has 0 bridgehead atoms. The summed E-state index contributed by atoms with van der Waals surface area (Å²) in [6, 6.07) is 13.2. The first kappa shape index (κ1) is 19.7. The van der Waals surface area contributed by atoms with Crippen molar-refractivity contribution in [3.8, 4) is 5.75 Å². The van der Waals surface area contributed by atoms with Crippen LogP contribution >= 0.6 is 0 Å². The van der Waals surface area contributed by atoms with E-state index in [1.807, 2.05) is 0 Å². The number of benzene rings is 2. The highest BCUT2D eigenvalue weighted by molar-refractivity contribution is 5.89. The minimum Gasteiger partial charge on any atom is -0.489 e. The molecule has 140 valence electrons. The molecule has 0 aliphatic heterocycles. The summed E-state index contributed by atoms with van der Waals surface area (Å²) in [7, 11) is 0. The molecule has 2 aromatic rings. The van der Waals surface area contributed by atoms with Crippen molar-refractivity contribution in [3.63, 3.8) is 0 Å². The monoisotopic (exact) mass is 359 g/mol. The summed E-state index contributed by atoms with van der Waals surface area (Å²) >= 11 is 0. The normalized spacial score (nSPS) is 10.6. The molecule has 0 fully saturated rings. The van der Waals surface area contributed by atoms with E-state index in [4.69, 9.17) is 4.74 Å². The van der Waals surface area contributed by atoms with Gasteiger partial charge in [0.25, 0.3) is 0 Å². The van der Waals surface area contributed by atoms with Crippen molar-refractivity contribution in [2.75, 3.05) is 31.5 Å². The van der Waals surface area contributed by atoms with Gasteiger partial charge in [-0.15, -0.1) is 0 Å². The molecule has 6 heteroatoms. The second-order valence-corrected chi connectivity index (χ2v) is 5.85. The summed E-state index contributed by atoms with van der Waals surface area (Å²) in [4.78, 5) is 14.2. The lowest BCUT2D eigenvalue weighted by Crippen LogP contribution is -2.36. The van der Waals surface area contributed by atoms with Crippen LogP contribution in [0.3, 0.4) is 0 Å². The van der Waals surface area contributed by atoms with Gasteiger partial charge in [-0.1, -0.05) is 32.0 Å². The van der Waals surface area contributed by atoms with Crippen LogP contribution in [-0.4, -0.2) is 37.1 Å². The Morgan fingerprint density at radius 2 is 1.88 bits per heavy atom. The molecule has 0 radical (unpaired) electrons. The zero-order valence-electron chi connectivity index (χ0n) is 15.3. The third-order valence-corrected chi connectivity index (χ3v) is 3.99. The Morgan fingerprint density at radius 3 is 2.62 bits per heavy atom. The van der Waals surface area contributed by atoms with Gasteiger partial charge in [-0.3, -0.25) is 0 Å². The van der Waals surface area contributed by atoms with Crippen LogP contribution in [0.5, 0.6) is 5.75 Å². The van der Waals surface area contributed by atoms with E-state index in [0.29, 0.717) is 18.0 Å². The number of hydrogen-bond acceptors (Lipinski definition) is 3. The maximum Gasteiger partial charge on any atom is 0.319 e. The third kappa shape index (κ3) is 6.72. The Balaban J connectivity index is 1.81. The number of nitrogens with zero attached hydrogens (tertiary/aromatic N) is 1. The fourth-order valence-electron chi connectivity index (χ4n) is 2.50. The van der Waals surface area contributed by atoms with E-state index in [2.05, 4.69) is 29.4 Å². The number of amides is 2. The maximum absolute atomic E-state index is 13.2. The van der Waals surface area contributed by atoms with Crippen molar-refractivity contribution in [1.29, 1.82) is 0 Å². The zero-order valence-corrected chi connectivity index (χ0v) is 15.3. The largest absolute Gasteiger partial charge is 0.489 e. The lowest BCUT2D eigenvalue weighted by Gasteiger charge is -2.18. The zero-order chi connectivity index (χ0) is 18.8. The smallest absolute Gasteiger partial charge is 0.319 e. The van der Waals surface area contributed by atoms with E-state index in [-0.39, 0.29) is 18.5 Å². The summed E-state index contributed by atoms with van der Waals surface area (Å²) in [5.41, 5.74) is 1.39. The van der Waals surface area contributed by atoms with Crippen molar-refractivity contribution >= 4 is 11.7 Å². The second kappa shape index (κ2) is 10.4. The molecule has 5 nitrogen and oxygen atoms in total. The van der Waals surface area contributed by atoms with Gasteiger partial charge in [-0.25, -0.2) is 9.18 Å². The number of carbonyl (C=O) groups excluding carboxylic acids is 1. The van der Waals surface area contributed by atoms with Crippen molar-refractivity contribution in [2.24, 2.45) is 0 Å². The number of nitrogens with one attached hydrogen (secondary N) is 2. The van der Waals surface area contributed by atoms with Crippen molar-refractivity contribution in [3.05, 3.63) is 59.9 Å².